The molecule has 0 amide bonds. The number of ether oxygens (including phenoxy) is 1. The summed E-state index contributed by atoms with van der Waals surface area (Å²) in [5, 5.41) is 0. The van der Waals surface area contributed by atoms with E-state index in [-0.39, 0.29) is 13.2 Å². The van der Waals surface area contributed by atoms with Crippen LogP contribution >= 0.6 is 15.9 Å². The van der Waals surface area contributed by atoms with Gasteiger partial charge in [-0.05, 0) is 26.3 Å². The molecule has 0 N–H and O–H groups in total. The highest BCUT2D eigenvalue weighted by molar-refractivity contribution is 9.09. The number of halogens is 4. The molecule has 0 radical (unpaired) electrons. The Morgan fingerprint density at radius 2 is 2.17 bits per heavy atom. The molecule has 1 rings (SSSR count). The molecule has 7 heteroatoms. The van der Waals surface area contributed by atoms with Gasteiger partial charge in [0.15, 0.2) is 0 Å². The lowest BCUT2D eigenvalue weighted by Gasteiger charge is -2.35. The Bertz CT molecular complexity index is 286. The van der Waals surface area contributed by atoms with Crippen LogP contribution < -0.4 is 0 Å². The minimum atomic E-state index is -4.29. The summed E-state index contributed by atoms with van der Waals surface area (Å²) in [7, 11) is 0. The average molecular weight is 332 g/mol. The van der Waals surface area contributed by atoms with E-state index in [1.54, 1.807) is 11.8 Å². The van der Waals surface area contributed by atoms with E-state index in [1.165, 1.54) is 0 Å². The first-order valence-corrected chi connectivity index (χ1v) is 6.89. The predicted molar refractivity (Wildman–Crippen MR) is 64.6 cm³/mol. The lowest BCUT2D eigenvalue weighted by Crippen LogP contribution is -2.49. The van der Waals surface area contributed by atoms with Gasteiger partial charge in [-0.2, -0.15) is 13.2 Å². The van der Waals surface area contributed by atoms with Crippen LogP contribution in [0.3, 0.4) is 0 Å². The van der Waals surface area contributed by atoms with Crippen molar-refractivity contribution in [2.75, 3.05) is 19.7 Å². The highest BCUT2D eigenvalue weighted by Gasteiger charge is 2.41. The number of hydrogen-bond acceptors (Lipinski definition) is 3. The summed E-state index contributed by atoms with van der Waals surface area (Å²) in [5.74, 6) is -0.418. The van der Waals surface area contributed by atoms with Crippen LogP contribution in [0.5, 0.6) is 0 Å². The van der Waals surface area contributed by atoms with Crippen LogP contribution in [0.2, 0.25) is 0 Å². The molecule has 1 heterocycles. The second kappa shape index (κ2) is 6.75. The van der Waals surface area contributed by atoms with Gasteiger partial charge in [-0.25, -0.2) is 0 Å². The largest absolute Gasteiger partial charge is 0.465 e. The summed E-state index contributed by atoms with van der Waals surface area (Å²) < 4.78 is 42.4. The Labute approximate surface area is 113 Å². The molecule has 1 aliphatic rings. The van der Waals surface area contributed by atoms with Crippen molar-refractivity contribution in [3.8, 4) is 0 Å². The summed E-state index contributed by atoms with van der Waals surface area (Å²) in [6.07, 6.45) is -2.07. The monoisotopic (exact) mass is 331 g/mol. The zero-order valence-corrected chi connectivity index (χ0v) is 11.8. The summed E-state index contributed by atoms with van der Waals surface area (Å²) in [6, 6.07) is -0.541. The first kappa shape index (κ1) is 15.8. The number of hydrogen-bond donors (Lipinski definition) is 0. The molecular weight excluding hydrogens is 315 g/mol. The molecule has 0 aromatic carbocycles. The molecule has 0 aromatic heterocycles. The maximum absolute atomic E-state index is 12.5. The van der Waals surface area contributed by atoms with Crippen LogP contribution in [0, 0.1) is 0 Å². The topological polar surface area (TPSA) is 29.5 Å². The van der Waals surface area contributed by atoms with Crippen LogP contribution in [-0.4, -0.2) is 47.6 Å². The summed E-state index contributed by atoms with van der Waals surface area (Å²) in [5.41, 5.74) is 0. The van der Waals surface area contributed by atoms with Crippen molar-refractivity contribution in [3.63, 3.8) is 0 Å². The lowest BCUT2D eigenvalue weighted by molar-refractivity contribution is -0.154. The van der Waals surface area contributed by atoms with Crippen LogP contribution in [0.15, 0.2) is 0 Å². The van der Waals surface area contributed by atoms with Gasteiger partial charge in [0.1, 0.15) is 10.9 Å². The lowest BCUT2D eigenvalue weighted by atomic mass is 10.0. The van der Waals surface area contributed by atoms with E-state index in [0.29, 0.717) is 13.0 Å². The van der Waals surface area contributed by atoms with Crippen molar-refractivity contribution in [2.45, 2.75) is 43.2 Å². The number of carbonyl (C=O) groups is 1. The molecule has 2 atom stereocenters. The standard InChI is InChI=1S/C11H17BrF3NO2/c1-2-18-10(17)8-5-3-4-6-16(8)7-9(12)11(13,14)15/h8-9H,2-7H2,1H3. The Morgan fingerprint density at radius 1 is 1.50 bits per heavy atom. The molecular formula is C11H17BrF3NO2. The third-order valence-corrected chi connectivity index (χ3v) is 3.73. The Kier molecular flexibility index (Phi) is 5.91. The zero-order chi connectivity index (χ0) is 13.8. The first-order valence-electron chi connectivity index (χ1n) is 5.97. The van der Waals surface area contributed by atoms with Crippen LogP contribution in [-0.2, 0) is 9.53 Å². The minimum absolute atomic E-state index is 0.215. The maximum atomic E-state index is 12.5. The van der Waals surface area contributed by atoms with Gasteiger partial charge in [-0.3, -0.25) is 9.69 Å². The smallest absolute Gasteiger partial charge is 0.402 e. The van der Waals surface area contributed by atoms with E-state index in [1.807, 2.05) is 0 Å². The first-order chi connectivity index (χ1) is 8.36. The van der Waals surface area contributed by atoms with Crippen LogP contribution in [0.25, 0.3) is 0 Å². The number of rotatable bonds is 4. The van der Waals surface area contributed by atoms with Gasteiger partial charge in [0, 0.05) is 6.54 Å². The van der Waals surface area contributed by atoms with E-state index in [0.717, 1.165) is 12.8 Å². The van der Waals surface area contributed by atoms with Gasteiger partial charge in [0.25, 0.3) is 0 Å². The average Bonchev–Trinajstić information content (AvgIpc) is 2.28. The molecule has 0 bridgehead atoms. The summed E-state index contributed by atoms with van der Waals surface area (Å²) in [6.45, 7) is 2.23. The van der Waals surface area contributed by atoms with Gasteiger partial charge in [0.2, 0.25) is 0 Å². The van der Waals surface area contributed by atoms with Crippen molar-refractivity contribution in [1.29, 1.82) is 0 Å². The zero-order valence-electron chi connectivity index (χ0n) is 10.2. The van der Waals surface area contributed by atoms with Crippen molar-refractivity contribution < 1.29 is 22.7 Å². The van der Waals surface area contributed by atoms with Crippen LogP contribution in [0.1, 0.15) is 26.2 Å². The molecule has 18 heavy (non-hydrogen) atoms. The summed E-state index contributed by atoms with van der Waals surface area (Å²) >= 11 is 2.63. The SMILES string of the molecule is CCOC(=O)C1CCCCN1CC(Br)C(F)(F)F. The van der Waals surface area contributed by atoms with E-state index in [4.69, 9.17) is 4.74 Å². The molecule has 2 unspecified atom stereocenters. The number of esters is 1. The second-order valence-corrected chi connectivity index (χ2v) is 5.37. The molecule has 0 saturated carbocycles. The van der Waals surface area contributed by atoms with Gasteiger partial charge < -0.3 is 4.74 Å². The van der Waals surface area contributed by atoms with Crippen molar-refractivity contribution in [2.24, 2.45) is 0 Å². The van der Waals surface area contributed by atoms with Gasteiger partial charge in [0.05, 0.1) is 6.61 Å². The molecule has 1 saturated heterocycles. The second-order valence-electron chi connectivity index (χ2n) is 4.27. The van der Waals surface area contributed by atoms with Crippen molar-refractivity contribution in [1.82, 2.24) is 4.90 Å². The van der Waals surface area contributed by atoms with Gasteiger partial charge in [-0.1, -0.05) is 22.4 Å². The molecule has 0 spiro atoms. The molecule has 0 aliphatic carbocycles. The number of likely N-dealkylation sites (tertiary alicyclic amines) is 1. The molecule has 1 aliphatic heterocycles. The molecule has 0 aromatic rings. The summed E-state index contributed by atoms with van der Waals surface area (Å²) in [4.78, 5) is 11.6. The van der Waals surface area contributed by atoms with E-state index < -0.39 is 23.0 Å². The van der Waals surface area contributed by atoms with Crippen molar-refractivity contribution in [3.05, 3.63) is 0 Å². The molecule has 1 fully saturated rings. The van der Waals surface area contributed by atoms with Crippen molar-refractivity contribution >= 4 is 21.9 Å². The predicted octanol–water partition coefficient (Wildman–Crippen LogP) is 2.73. The van der Waals surface area contributed by atoms with Gasteiger partial charge >= 0.3 is 12.1 Å². The highest BCUT2D eigenvalue weighted by Crippen LogP contribution is 2.29. The molecule has 3 nitrogen and oxygen atoms in total. The van der Waals surface area contributed by atoms with Gasteiger partial charge in [-0.15, -0.1) is 0 Å². The highest BCUT2D eigenvalue weighted by atomic mass is 79.9. The normalized spacial score (nSPS) is 23.7. The number of carbonyl (C=O) groups excluding carboxylic acids is 1. The fourth-order valence-corrected chi connectivity index (χ4v) is 2.40. The Hall–Kier alpha value is -0.300. The number of nitrogens with zero attached hydrogens (tertiary/aromatic N) is 1. The third-order valence-electron chi connectivity index (χ3n) is 2.92. The molecule has 106 valence electrons. The Morgan fingerprint density at radius 3 is 2.72 bits per heavy atom. The quantitative estimate of drug-likeness (QED) is 0.586. The number of alkyl halides is 4. The minimum Gasteiger partial charge on any atom is -0.465 e. The third kappa shape index (κ3) is 4.42. The van der Waals surface area contributed by atoms with Crippen LogP contribution in [0.4, 0.5) is 13.2 Å². The number of piperidine rings is 1. The maximum Gasteiger partial charge on any atom is 0.402 e. The van der Waals surface area contributed by atoms with E-state index in [2.05, 4.69) is 15.9 Å². The van der Waals surface area contributed by atoms with E-state index >= 15 is 0 Å². The van der Waals surface area contributed by atoms with E-state index in [9.17, 15) is 18.0 Å². The fourth-order valence-electron chi connectivity index (χ4n) is 2.02. The Balaban J connectivity index is 2.62. The fraction of sp³-hybridized carbons (Fsp3) is 0.909.